The first-order chi connectivity index (χ1) is 6.09. The van der Waals surface area contributed by atoms with Gasteiger partial charge in [0.2, 0.25) is 0 Å². The van der Waals surface area contributed by atoms with Gasteiger partial charge in [0.25, 0.3) is 0 Å². The minimum atomic E-state index is -0.545. The zero-order chi connectivity index (χ0) is 9.64. The van der Waals surface area contributed by atoms with Crippen molar-refractivity contribution < 1.29 is 9.84 Å². The van der Waals surface area contributed by atoms with Gasteiger partial charge in [-0.3, -0.25) is 0 Å². The van der Waals surface area contributed by atoms with Gasteiger partial charge in [-0.2, -0.15) is 0 Å². The predicted molar refractivity (Wildman–Crippen MR) is 51.4 cm³/mol. The standard InChI is InChI=1S/C11H18O2/c1-4-11(12)7(2)9-5-6-10(13-9)8(11)3/h5-10,12H,4H2,1-3H3/t7-,8?,9?,10?,11?/m1/s1. The highest BCUT2D eigenvalue weighted by atomic mass is 16.5. The van der Waals surface area contributed by atoms with Crippen molar-refractivity contribution in [1.82, 2.24) is 0 Å². The largest absolute Gasteiger partial charge is 0.389 e. The Morgan fingerprint density at radius 2 is 1.69 bits per heavy atom. The molecule has 0 saturated carbocycles. The number of hydrogen-bond donors (Lipinski definition) is 1. The Morgan fingerprint density at radius 3 is 2.08 bits per heavy atom. The molecule has 0 aromatic carbocycles. The normalized spacial score (nSPS) is 54.2. The molecule has 0 amide bonds. The second-order valence-corrected chi connectivity index (χ2v) is 4.37. The van der Waals surface area contributed by atoms with Crippen molar-refractivity contribution in [2.45, 2.75) is 45.0 Å². The van der Waals surface area contributed by atoms with Crippen LogP contribution in [-0.4, -0.2) is 22.9 Å². The van der Waals surface area contributed by atoms with Crippen LogP contribution < -0.4 is 0 Å². The molecule has 1 N–H and O–H groups in total. The lowest BCUT2D eigenvalue weighted by molar-refractivity contribution is -0.182. The average molecular weight is 182 g/mol. The smallest absolute Gasteiger partial charge is 0.0818 e. The molecule has 0 aliphatic carbocycles. The zero-order valence-corrected chi connectivity index (χ0v) is 8.53. The molecular formula is C11H18O2. The summed E-state index contributed by atoms with van der Waals surface area (Å²) in [5.41, 5.74) is -0.545. The maximum absolute atomic E-state index is 10.5. The summed E-state index contributed by atoms with van der Waals surface area (Å²) in [6.07, 6.45) is 5.27. The highest BCUT2D eigenvalue weighted by Crippen LogP contribution is 2.44. The van der Waals surface area contributed by atoms with E-state index in [0.29, 0.717) is 0 Å². The summed E-state index contributed by atoms with van der Waals surface area (Å²) in [5, 5.41) is 10.5. The summed E-state index contributed by atoms with van der Waals surface area (Å²) >= 11 is 0. The molecule has 2 aliphatic heterocycles. The van der Waals surface area contributed by atoms with E-state index in [1.807, 2.05) is 0 Å². The Hall–Kier alpha value is -0.340. The van der Waals surface area contributed by atoms with Crippen molar-refractivity contribution in [3.05, 3.63) is 12.2 Å². The molecule has 0 aromatic heterocycles. The van der Waals surface area contributed by atoms with Gasteiger partial charge in [0.15, 0.2) is 0 Å². The second-order valence-electron chi connectivity index (χ2n) is 4.37. The minimum Gasteiger partial charge on any atom is -0.389 e. The van der Waals surface area contributed by atoms with E-state index in [9.17, 15) is 5.11 Å². The second kappa shape index (κ2) is 2.82. The Bertz CT molecular complexity index is 216. The topological polar surface area (TPSA) is 29.5 Å². The van der Waals surface area contributed by atoms with Crippen LogP contribution in [0.3, 0.4) is 0 Å². The molecule has 0 spiro atoms. The van der Waals surface area contributed by atoms with E-state index in [1.165, 1.54) is 0 Å². The van der Waals surface area contributed by atoms with Gasteiger partial charge in [-0.05, 0) is 6.42 Å². The van der Waals surface area contributed by atoms with E-state index in [0.717, 1.165) is 6.42 Å². The van der Waals surface area contributed by atoms with Crippen molar-refractivity contribution in [1.29, 1.82) is 0 Å². The van der Waals surface area contributed by atoms with Crippen LogP contribution in [0.5, 0.6) is 0 Å². The first-order valence-corrected chi connectivity index (χ1v) is 5.15. The van der Waals surface area contributed by atoms with Crippen LogP contribution in [0.1, 0.15) is 27.2 Å². The van der Waals surface area contributed by atoms with E-state index in [-0.39, 0.29) is 24.0 Å². The zero-order valence-electron chi connectivity index (χ0n) is 8.53. The predicted octanol–water partition coefficient (Wildman–Crippen LogP) is 1.74. The number of hydrogen-bond acceptors (Lipinski definition) is 2. The SMILES string of the molecule is CCC1(O)C(C)C2C=CC(O2)[C@H]1C. The quantitative estimate of drug-likeness (QED) is 0.626. The van der Waals surface area contributed by atoms with Crippen LogP contribution in [0.15, 0.2) is 12.2 Å². The molecular weight excluding hydrogens is 164 g/mol. The van der Waals surface area contributed by atoms with Crippen LogP contribution in [0.4, 0.5) is 0 Å². The minimum absolute atomic E-state index is 0.131. The molecule has 1 saturated heterocycles. The van der Waals surface area contributed by atoms with Crippen molar-refractivity contribution in [3.8, 4) is 0 Å². The summed E-state index contributed by atoms with van der Waals surface area (Å²) in [5.74, 6) is 0.421. The molecule has 1 fully saturated rings. The Kier molecular flexibility index (Phi) is 2.00. The summed E-state index contributed by atoms with van der Waals surface area (Å²) in [7, 11) is 0. The van der Waals surface area contributed by atoms with E-state index in [2.05, 4.69) is 32.9 Å². The highest BCUT2D eigenvalue weighted by Gasteiger charge is 2.51. The molecule has 13 heavy (non-hydrogen) atoms. The molecule has 74 valence electrons. The molecule has 2 aliphatic rings. The summed E-state index contributed by atoms with van der Waals surface area (Å²) in [6.45, 7) is 6.21. The number of ether oxygens (including phenoxy) is 1. The van der Waals surface area contributed by atoms with Crippen LogP contribution in [0, 0.1) is 11.8 Å². The third-order valence-electron chi connectivity index (χ3n) is 3.93. The summed E-state index contributed by atoms with van der Waals surface area (Å²) < 4.78 is 5.75. The fourth-order valence-electron chi connectivity index (χ4n) is 2.69. The lowest BCUT2D eigenvalue weighted by atomic mass is 9.72. The number of fused-ring (bicyclic) bond motifs is 2. The Balaban J connectivity index is 2.31. The van der Waals surface area contributed by atoms with E-state index in [4.69, 9.17) is 4.74 Å². The first kappa shape index (κ1) is 9.22. The third-order valence-corrected chi connectivity index (χ3v) is 3.93. The molecule has 0 aromatic rings. The maximum Gasteiger partial charge on any atom is 0.0818 e. The lowest BCUT2D eigenvalue weighted by Gasteiger charge is -2.46. The van der Waals surface area contributed by atoms with Crippen LogP contribution in [0.25, 0.3) is 0 Å². The van der Waals surface area contributed by atoms with Gasteiger partial charge in [-0.25, -0.2) is 0 Å². The molecule has 2 nitrogen and oxygen atoms in total. The van der Waals surface area contributed by atoms with Gasteiger partial charge >= 0.3 is 0 Å². The molecule has 2 heterocycles. The summed E-state index contributed by atoms with van der Waals surface area (Å²) in [6, 6.07) is 0. The molecule has 2 bridgehead atoms. The van der Waals surface area contributed by atoms with Crippen LogP contribution in [0.2, 0.25) is 0 Å². The van der Waals surface area contributed by atoms with Gasteiger partial charge in [0.1, 0.15) is 0 Å². The Morgan fingerprint density at radius 1 is 1.23 bits per heavy atom. The van der Waals surface area contributed by atoms with Crippen molar-refractivity contribution >= 4 is 0 Å². The van der Waals surface area contributed by atoms with Crippen molar-refractivity contribution in [3.63, 3.8) is 0 Å². The molecule has 5 atom stereocenters. The fraction of sp³-hybridized carbons (Fsp3) is 0.818. The molecule has 0 radical (unpaired) electrons. The van der Waals surface area contributed by atoms with E-state index < -0.39 is 5.60 Å². The maximum atomic E-state index is 10.5. The average Bonchev–Trinajstić information content (AvgIpc) is 2.59. The fourth-order valence-corrected chi connectivity index (χ4v) is 2.69. The van der Waals surface area contributed by atoms with E-state index >= 15 is 0 Å². The number of rotatable bonds is 1. The van der Waals surface area contributed by atoms with Gasteiger partial charge in [-0.15, -0.1) is 0 Å². The molecule has 4 unspecified atom stereocenters. The van der Waals surface area contributed by atoms with Crippen LogP contribution in [-0.2, 0) is 4.74 Å². The molecule has 2 heteroatoms. The summed E-state index contributed by atoms with van der Waals surface area (Å²) in [4.78, 5) is 0. The first-order valence-electron chi connectivity index (χ1n) is 5.15. The van der Waals surface area contributed by atoms with Gasteiger partial charge < -0.3 is 9.84 Å². The number of aliphatic hydroxyl groups is 1. The lowest BCUT2D eigenvalue weighted by Crippen LogP contribution is -2.54. The van der Waals surface area contributed by atoms with E-state index in [1.54, 1.807) is 0 Å². The van der Waals surface area contributed by atoms with Gasteiger partial charge in [0, 0.05) is 11.8 Å². The Labute approximate surface area is 79.6 Å². The third kappa shape index (κ3) is 1.09. The van der Waals surface area contributed by atoms with Crippen molar-refractivity contribution in [2.75, 3.05) is 0 Å². The molecule has 2 rings (SSSR count). The van der Waals surface area contributed by atoms with Gasteiger partial charge in [0.05, 0.1) is 17.8 Å². The van der Waals surface area contributed by atoms with Gasteiger partial charge in [-0.1, -0.05) is 32.9 Å². The van der Waals surface area contributed by atoms with Crippen molar-refractivity contribution in [2.24, 2.45) is 11.8 Å². The monoisotopic (exact) mass is 182 g/mol. The van der Waals surface area contributed by atoms with Crippen LogP contribution >= 0.6 is 0 Å². The highest BCUT2D eigenvalue weighted by molar-refractivity contribution is 5.15.